The van der Waals surface area contributed by atoms with Crippen LogP contribution in [-0.4, -0.2) is 43.2 Å². The molecule has 22 heavy (non-hydrogen) atoms. The molecule has 0 radical (unpaired) electrons. The standard InChI is InChI=1S/C14H20N4O3S/c1-12-10-16-14(18(12)8-9-21-2)5-7-17-22(19,20)13-4-3-6-15-11-13/h3-4,6,10-11,17H,5,7-9H2,1-2H3. The summed E-state index contributed by atoms with van der Waals surface area (Å²) in [5, 5.41) is 0. The Balaban J connectivity index is 1.97. The molecule has 1 N–H and O–H groups in total. The van der Waals surface area contributed by atoms with E-state index in [1.165, 1.54) is 18.5 Å². The van der Waals surface area contributed by atoms with Gasteiger partial charge in [0.05, 0.1) is 6.61 Å². The molecule has 120 valence electrons. The lowest BCUT2D eigenvalue weighted by Gasteiger charge is -2.10. The van der Waals surface area contributed by atoms with Crippen LogP contribution >= 0.6 is 0 Å². The van der Waals surface area contributed by atoms with E-state index in [0.29, 0.717) is 19.6 Å². The molecular weight excluding hydrogens is 304 g/mol. The third-order valence-electron chi connectivity index (χ3n) is 3.24. The van der Waals surface area contributed by atoms with Crippen molar-refractivity contribution in [1.29, 1.82) is 0 Å². The van der Waals surface area contributed by atoms with Gasteiger partial charge in [-0.05, 0) is 19.1 Å². The number of aromatic nitrogens is 3. The highest BCUT2D eigenvalue weighted by molar-refractivity contribution is 7.89. The van der Waals surface area contributed by atoms with Crippen molar-refractivity contribution in [1.82, 2.24) is 19.3 Å². The largest absolute Gasteiger partial charge is 0.383 e. The molecule has 2 heterocycles. The second-order valence-electron chi connectivity index (χ2n) is 4.80. The smallest absolute Gasteiger partial charge is 0.242 e. The molecule has 8 heteroatoms. The Morgan fingerprint density at radius 3 is 2.86 bits per heavy atom. The molecule has 0 unspecified atom stereocenters. The first kappa shape index (κ1) is 16.6. The Kier molecular flexibility index (Phi) is 5.64. The normalized spacial score (nSPS) is 11.7. The number of hydrogen-bond acceptors (Lipinski definition) is 5. The topological polar surface area (TPSA) is 86.1 Å². The third-order valence-corrected chi connectivity index (χ3v) is 4.69. The van der Waals surface area contributed by atoms with Crippen molar-refractivity contribution in [3.05, 3.63) is 42.2 Å². The van der Waals surface area contributed by atoms with Crippen molar-refractivity contribution in [3.63, 3.8) is 0 Å². The summed E-state index contributed by atoms with van der Waals surface area (Å²) in [4.78, 5) is 8.30. The molecule has 2 rings (SSSR count). The number of methoxy groups -OCH3 is 1. The summed E-state index contributed by atoms with van der Waals surface area (Å²) in [6.07, 6.45) is 5.15. The van der Waals surface area contributed by atoms with Crippen LogP contribution in [0.5, 0.6) is 0 Å². The van der Waals surface area contributed by atoms with Gasteiger partial charge in [-0.1, -0.05) is 0 Å². The SMILES string of the molecule is COCCn1c(C)cnc1CCNS(=O)(=O)c1cccnc1. The maximum Gasteiger partial charge on any atom is 0.242 e. The zero-order valence-corrected chi connectivity index (χ0v) is 13.5. The number of aryl methyl sites for hydroxylation is 1. The third kappa shape index (κ3) is 4.12. The summed E-state index contributed by atoms with van der Waals surface area (Å²) < 4.78 is 33.8. The molecule has 0 saturated carbocycles. The van der Waals surface area contributed by atoms with Crippen LogP contribution in [0.3, 0.4) is 0 Å². The Morgan fingerprint density at radius 2 is 2.18 bits per heavy atom. The number of ether oxygens (including phenoxy) is 1. The van der Waals surface area contributed by atoms with Gasteiger partial charge >= 0.3 is 0 Å². The molecule has 0 aromatic carbocycles. The van der Waals surface area contributed by atoms with E-state index in [1.54, 1.807) is 19.4 Å². The molecule has 0 spiro atoms. The zero-order valence-electron chi connectivity index (χ0n) is 12.7. The molecule has 2 aromatic rings. The molecule has 2 aromatic heterocycles. The number of pyridine rings is 1. The Bertz CT molecular complexity index is 698. The van der Waals surface area contributed by atoms with Gasteiger partial charge in [-0.25, -0.2) is 18.1 Å². The molecule has 0 bridgehead atoms. The lowest BCUT2D eigenvalue weighted by Crippen LogP contribution is -2.27. The van der Waals surface area contributed by atoms with E-state index in [9.17, 15) is 8.42 Å². The van der Waals surface area contributed by atoms with Crippen LogP contribution < -0.4 is 4.72 Å². The zero-order chi connectivity index (χ0) is 16.0. The predicted molar refractivity (Wildman–Crippen MR) is 82.0 cm³/mol. The summed E-state index contributed by atoms with van der Waals surface area (Å²) >= 11 is 0. The first-order chi connectivity index (χ1) is 10.5. The fraction of sp³-hybridized carbons (Fsp3) is 0.429. The quantitative estimate of drug-likeness (QED) is 0.774. The van der Waals surface area contributed by atoms with Gasteiger partial charge < -0.3 is 9.30 Å². The maximum absolute atomic E-state index is 12.1. The monoisotopic (exact) mass is 324 g/mol. The van der Waals surface area contributed by atoms with Crippen molar-refractivity contribution in [3.8, 4) is 0 Å². The average Bonchev–Trinajstić information content (AvgIpc) is 2.86. The number of nitrogens with zero attached hydrogens (tertiary/aromatic N) is 3. The molecule has 0 amide bonds. The lowest BCUT2D eigenvalue weighted by molar-refractivity contribution is 0.185. The van der Waals surface area contributed by atoms with E-state index in [-0.39, 0.29) is 11.4 Å². The fourth-order valence-electron chi connectivity index (χ4n) is 2.08. The van der Waals surface area contributed by atoms with E-state index in [1.807, 2.05) is 11.5 Å². The molecule has 0 saturated heterocycles. The van der Waals surface area contributed by atoms with Gasteiger partial charge in [0.15, 0.2) is 0 Å². The molecule has 0 fully saturated rings. The molecular formula is C14H20N4O3S. The van der Waals surface area contributed by atoms with Gasteiger partial charge in [0.2, 0.25) is 10.0 Å². The first-order valence-electron chi connectivity index (χ1n) is 6.94. The van der Waals surface area contributed by atoms with E-state index in [2.05, 4.69) is 14.7 Å². The number of nitrogens with one attached hydrogen (secondary N) is 1. The number of sulfonamides is 1. The molecule has 7 nitrogen and oxygen atoms in total. The average molecular weight is 324 g/mol. The van der Waals surface area contributed by atoms with Crippen LogP contribution in [0.2, 0.25) is 0 Å². The summed E-state index contributed by atoms with van der Waals surface area (Å²) in [7, 11) is -1.88. The van der Waals surface area contributed by atoms with Crippen LogP contribution in [0.1, 0.15) is 11.5 Å². The van der Waals surface area contributed by atoms with Crippen LogP contribution in [0.25, 0.3) is 0 Å². The maximum atomic E-state index is 12.1. The summed E-state index contributed by atoms with van der Waals surface area (Å²) in [5.74, 6) is 0.837. The van der Waals surface area contributed by atoms with Gasteiger partial charge in [0.1, 0.15) is 10.7 Å². The second-order valence-corrected chi connectivity index (χ2v) is 6.56. The number of hydrogen-bond donors (Lipinski definition) is 1. The van der Waals surface area contributed by atoms with Crippen LogP contribution in [-0.2, 0) is 27.7 Å². The van der Waals surface area contributed by atoms with Crippen molar-refractivity contribution in [2.45, 2.75) is 24.8 Å². The van der Waals surface area contributed by atoms with Crippen molar-refractivity contribution >= 4 is 10.0 Å². The highest BCUT2D eigenvalue weighted by Gasteiger charge is 2.14. The minimum absolute atomic E-state index is 0.161. The van der Waals surface area contributed by atoms with E-state index in [4.69, 9.17) is 4.74 Å². The van der Waals surface area contributed by atoms with E-state index in [0.717, 1.165) is 11.5 Å². The molecule has 0 aliphatic rings. The number of imidazole rings is 1. The fourth-order valence-corrected chi connectivity index (χ4v) is 3.08. The van der Waals surface area contributed by atoms with Crippen LogP contribution in [0, 0.1) is 6.92 Å². The lowest BCUT2D eigenvalue weighted by atomic mass is 10.4. The minimum atomic E-state index is -3.53. The van der Waals surface area contributed by atoms with Gasteiger partial charge in [-0.2, -0.15) is 0 Å². The van der Waals surface area contributed by atoms with Gasteiger partial charge in [0.25, 0.3) is 0 Å². The molecule has 0 aliphatic carbocycles. The minimum Gasteiger partial charge on any atom is -0.383 e. The predicted octanol–water partition coefficient (Wildman–Crippen LogP) is 0.754. The van der Waals surface area contributed by atoms with Crippen LogP contribution in [0.4, 0.5) is 0 Å². The highest BCUT2D eigenvalue weighted by atomic mass is 32.2. The first-order valence-corrected chi connectivity index (χ1v) is 8.42. The number of rotatable bonds is 8. The second kappa shape index (κ2) is 7.48. The molecule has 0 atom stereocenters. The van der Waals surface area contributed by atoms with Crippen molar-refractivity contribution in [2.75, 3.05) is 20.3 Å². The Labute approximate surface area is 130 Å². The van der Waals surface area contributed by atoms with Gasteiger partial charge in [-0.3, -0.25) is 4.98 Å². The van der Waals surface area contributed by atoms with E-state index < -0.39 is 10.0 Å². The highest BCUT2D eigenvalue weighted by Crippen LogP contribution is 2.07. The summed E-state index contributed by atoms with van der Waals surface area (Å²) in [6, 6.07) is 3.11. The van der Waals surface area contributed by atoms with Gasteiger partial charge in [-0.15, -0.1) is 0 Å². The van der Waals surface area contributed by atoms with Gasteiger partial charge in [0, 0.05) is 50.9 Å². The van der Waals surface area contributed by atoms with E-state index >= 15 is 0 Å². The van der Waals surface area contributed by atoms with Crippen LogP contribution in [0.15, 0.2) is 35.6 Å². The summed E-state index contributed by atoms with van der Waals surface area (Å²) in [5.41, 5.74) is 1.03. The molecule has 0 aliphatic heterocycles. The van der Waals surface area contributed by atoms with Crippen molar-refractivity contribution in [2.24, 2.45) is 0 Å². The summed E-state index contributed by atoms with van der Waals surface area (Å²) in [6.45, 7) is 3.53. The Hall–Kier alpha value is -1.77. The van der Waals surface area contributed by atoms with Crippen molar-refractivity contribution < 1.29 is 13.2 Å². The Morgan fingerprint density at radius 1 is 1.36 bits per heavy atom.